The molecule has 0 N–H and O–H groups in total. The van der Waals surface area contributed by atoms with E-state index in [4.69, 9.17) is 4.98 Å². The highest BCUT2D eigenvalue weighted by atomic mass is 16.2. The van der Waals surface area contributed by atoms with E-state index < -0.39 is 0 Å². The Kier molecular flexibility index (Phi) is 5.24. The molecule has 0 bridgehead atoms. The van der Waals surface area contributed by atoms with Crippen molar-refractivity contribution in [2.24, 2.45) is 13.0 Å². The molecule has 1 atom stereocenters. The summed E-state index contributed by atoms with van der Waals surface area (Å²) in [5.41, 5.74) is 3.47. The van der Waals surface area contributed by atoms with Crippen molar-refractivity contribution in [3.8, 4) is 0 Å². The molecule has 0 fully saturated rings. The van der Waals surface area contributed by atoms with E-state index in [1.807, 2.05) is 47.1 Å². The standard InChI is InChI=1S/C26H27N5O2/c1-18-11-13-21(14-12-18)30-16-19(2)17-31-22-23(27-25(30)31)28(3)26(33)29(24(22)32)15-7-10-20-8-5-4-6-9-20/h4-14,19H,15-17H2,1-3H3. The summed E-state index contributed by atoms with van der Waals surface area (Å²) >= 11 is 0. The van der Waals surface area contributed by atoms with Crippen LogP contribution in [0.1, 0.15) is 18.1 Å². The maximum atomic E-state index is 13.5. The summed E-state index contributed by atoms with van der Waals surface area (Å²) in [7, 11) is 1.68. The predicted molar refractivity (Wildman–Crippen MR) is 132 cm³/mol. The number of benzene rings is 2. The van der Waals surface area contributed by atoms with Crippen LogP contribution in [0.25, 0.3) is 17.2 Å². The van der Waals surface area contributed by atoms with Crippen LogP contribution in [0.4, 0.5) is 11.6 Å². The Morgan fingerprint density at radius 1 is 1.03 bits per heavy atom. The lowest BCUT2D eigenvalue weighted by molar-refractivity contribution is 0.458. The molecule has 0 radical (unpaired) electrons. The van der Waals surface area contributed by atoms with E-state index >= 15 is 0 Å². The van der Waals surface area contributed by atoms with E-state index in [0.29, 0.717) is 29.6 Å². The Bertz CT molecular complexity index is 1460. The molecule has 0 aliphatic carbocycles. The molecule has 2 aromatic carbocycles. The van der Waals surface area contributed by atoms with Crippen molar-refractivity contribution in [2.75, 3.05) is 11.4 Å². The summed E-state index contributed by atoms with van der Waals surface area (Å²) < 4.78 is 4.74. The van der Waals surface area contributed by atoms with Gasteiger partial charge >= 0.3 is 5.69 Å². The van der Waals surface area contributed by atoms with Crippen LogP contribution in [0.2, 0.25) is 0 Å². The van der Waals surface area contributed by atoms with Gasteiger partial charge in [-0.1, -0.05) is 67.1 Å². The molecule has 0 saturated carbocycles. The van der Waals surface area contributed by atoms with Gasteiger partial charge in [0.2, 0.25) is 5.95 Å². The van der Waals surface area contributed by atoms with E-state index in [1.165, 1.54) is 14.7 Å². The average Bonchev–Trinajstić information content (AvgIpc) is 3.20. The van der Waals surface area contributed by atoms with Crippen LogP contribution >= 0.6 is 0 Å². The second-order valence-corrected chi connectivity index (χ2v) is 8.82. The smallest absolute Gasteiger partial charge is 0.312 e. The summed E-state index contributed by atoms with van der Waals surface area (Å²) in [6.07, 6.45) is 3.77. The molecule has 168 valence electrons. The molecule has 2 aromatic heterocycles. The number of aromatic nitrogens is 4. The summed E-state index contributed by atoms with van der Waals surface area (Å²) in [5, 5.41) is 0. The predicted octanol–water partition coefficient (Wildman–Crippen LogP) is 3.71. The van der Waals surface area contributed by atoms with E-state index in [2.05, 4.69) is 43.0 Å². The minimum Gasteiger partial charge on any atom is -0.312 e. The number of hydrogen-bond donors (Lipinski definition) is 0. The molecule has 0 amide bonds. The molecular weight excluding hydrogens is 414 g/mol. The molecule has 7 nitrogen and oxygen atoms in total. The topological polar surface area (TPSA) is 65.1 Å². The van der Waals surface area contributed by atoms with Gasteiger partial charge < -0.3 is 9.47 Å². The molecule has 0 saturated heterocycles. The molecule has 5 rings (SSSR count). The fraction of sp³-hybridized carbons (Fsp3) is 0.269. The van der Waals surface area contributed by atoms with E-state index in [-0.39, 0.29) is 17.8 Å². The molecule has 3 heterocycles. The molecule has 33 heavy (non-hydrogen) atoms. The van der Waals surface area contributed by atoms with Crippen LogP contribution in [0.15, 0.2) is 70.3 Å². The minimum atomic E-state index is -0.365. The lowest BCUT2D eigenvalue weighted by Gasteiger charge is -2.33. The fourth-order valence-corrected chi connectivity index (χ4v) is 4.47. The van der Waals surface area contributed by atoms with Crippen molar-refractivity contribution in [3.63, 3.8) is 0 Å². The number of allylic oxidation sites excluding steroid dienone is 1. The first kappa shape index (κ1) is 21.0. The van der Waals surface area contributed by atoms with Gasteiger partial charge in [0.15, 0.2) is 11.2 Å². The third kappa shape index (κ3) is 3.69. The fourth-order valence-electron chi connectivity index (χ4n) is 4.47. The second-order valence-electron chi connectivity index (χ2n) is 8.82. The number of anilines is 2. The molecule has 1 aliphatic rings. The Hall–Kier alpha value is -3.87. The highest BCUT2D eigenvalue weighted by molar-refractivity contribution is 5.77. The first-order chi connectivity index (χ1) is 15.9. The van der Waals surface area contributed by atoms with Gasteiger partial charge in [-0.3, -0.25) is 13.9 Å². The van der Waals surface area contributed by atoms with Gasteiger partial charge in [-0.2, -0.15) is 4.98 Å². The summed E-state index contributed by atoms with van der Waals surface area (Å²) in [4.78, 5) is 33.5. The second kappa shape index (κ2) is 8.24. The highest BCUT2D eigenvalue weighted by Gasteiger charge is 2.29. The third-order valence-electron chi connectivity index (χ3n) is 6.19. The number of nitrogens with zero attached hydrogens (tertiary/aromatic N) is 5. The first-order valence-electron chi connectivity index (χ1n) is 11.2. The van der Waals surface area contributed by atoms with E-state index in [0.717, 1.165) is 17.8 Å². The number of fused-ring (bicyclic) bond motifs is 3. The van der Waals surface area contributed by atoms with E-state index in [1.54, 1.807) is 7.05 Å². The van der Waals surface area contributed by atoms with Gasteiger partial charge in [-0.15, -0.1) is 0 Å². The van der Waals surface area contributed by atoms with Crippen LogP contribution in [0, 0.1) is 12.8 Å². The highest BCUT2D eigenvalue weighted by Crippen LogP contribution is 2.32. The molecule has 7 heteroatoms. The van der Waals surface area contributed by atoms with Crippen molar-refractivity contribution < 1.29 is 0 Å². The largest absolute Gasteiger partial charge is 0.332 e. The first-order valence-corrected chi connectivity index (χ1v) is 11.2. The van der Waals surface area contributed by atoms with Crippen molar-refractivity contribution in [1.29, 1.82) is 0 Å². The maximum Gasteiger partial charge on any atom is 0.332 e. The number of aryl methyl sites for hydroxylation is 2. The van der Waals surface area contributed by atoms with Crippen molar-refractivity contribution >= 4 is 28.9 Å². The summed E-state index contributed by atoms with van der Waals surface area (Å²) in [5.74, 6) is 1.02. The SMILES string of the molecule is Cc1ccc(N2CC(C)Cn3c2nc2c3c(=O)n(CC=Cc3ccccc3)c(=O)n2C)cc1. The number of rotatable bonds is 4. The zero-order valence-electron chi connectivity index (χ0n) is 19.1. The zero-order valence-corrected chi connectivity index (χ0v) is 19.1. The Balaban J connectivity index is 1.63. The van der Waals surface area contributed by atoms with Gasteiger partial charge in [0.1, 0.15) is 0 Å². The molecule has 4 aromatic rings. The van der Waals surface area contributed by atoms with Gasteiger partial charge in [-0.05, 0) is 30.5 Å². The van der Waals surface area contributed by atoms with Crippen molar-refractivity contribution in [3.05, 3.63) is 92.6 Å². The molecule has 1 unspecified atom stereocenters. The molecule has 1 aliphatic heterocycles. The van der Waals surface area contributed by atoms with Crippen molar-refractivity contribution in [1.82, 2.24) is 18.7 Å². The Morgan fingerprint density at radius 3 is 2.48 bits per heavy atom. The Morgan fingerprint density at radius 2 is 1.76 bits per heavy atom. The molecule has 0 spiro atoms. The summed E-state index contributed by atoms with van der Waals surface area (Å²) in [6, 6.07) is 18.1. The monoisotopic (exact) mass is 441 g/mol. The van der Waals surface area contributed by atoms with Crippen LogP contribution < -0.4 is 16.1 Å². The number of hydrogen-bond acceptors (Lipinski definition) is 4. The van der Waals surface area contributed by atoms with Gasteiger partial charge in [-0.25, -0.2) is 4.79 Å². The lowest BCUT2D eigenvalue weighted by Crippen LogP contribution is -2.40. The number of imidazole rings is 1. The minimum absolute atomic E-state index is 0.202. The van der Waals surface area contributed by atoms with E-state index in [9.17, 15) is 9.59 Å². The van der Waals surface area contributed by atoms with Crippen LogP contribution in [-0.4, -0.2) is 25.2 Å². The van der Waals surface area contributed by atoms with Crippen LogP contribution in [0.3, 0.4) is 0 Å². The zero-order chi connectivity index (χ0) is 23.1. The third-order valence-corrected chi connectivity index (χ3v) is 6.19. The van der Waals surface area contributed by atoms with Crippen LogP contribution in [0.5, 0.6) is 0 Å². The average molecular weight is 442 g/mol. The van der Waals surface area contributed by atoms with Gasteiger partial charge in [0.05, 0.1) is 0 Å². The van der Waals surface area contributed by atoms with Crippen molar-refractivity contribution in [2.45, 2.75) is 26.9 Å². The van der Waals surface area contributed by atoms with Crippen LogP contribution in [-0.2, 0) is 20.1 Å². The van der Waals surface area contributed by atoms with Gasteiger partial charge in [0, 0.05) is 32.4 Å². The normalized spacial score (nSPS) is 16.0. The Labute approximate surface area is 191 Å². The van der Waals surface area contributed by atoms with Gasteiger partial charge in [0.25, 0.3) is 5.56 Å². The lowest BCUT2D eigenvalue weighted by atomic mass is 10.1. The summed E-state index contributed by atoms with van der Waals surface area (Å²) in [6.45, 7) is 5.91. The molecular formula is C26H27N5O2. The quantitative estimate of drug-likeness (QED) is 0.484. The maximum absolute atomic E-state index is 13.5.